The van der Waals surface area contributed by atoms with Crippen molar-refractivity contribution in [1.29, 1.82) is 0 Å². The SMILES string of the molecule is Cc1ccccc1-c1cn2nc(N3CCC(C(=O)O)CC3)sc2n1. The fourth-order valence-electron chi connectivity index (χ4n) is 3.13. The summed E-state index contributed by atoms with van der Waals surface area (Å²) in [6.45, 7) is 3.55. The second-order valence-electron chi connectivity index (χ2n) is 6.15. The van der Waals surface area contributed by atoms with Crippen molar-refractivity contribution >= 4 is 27.4 Å². The van der Waals surface area contributed by atoms with Gasteiger partial charge in [-0.05, 0) is 25.3 Å². The first-order valence-electron chi connectivity index (χ1n) is 8.02. The Morgan fingerprint density at radius 1 is 1.29 bits per heavy atom. The van der Waals surface area contributed by atoms with Gasteiger partial charge in [0.25, 0.3) is 0 Å². The van der Waals surface area contributed by atoms with Gasteiger partial charge >= 0.3 is 5.97 Å². The predicted octanol–water partition coefficient (Wildman–Crippen LogP) is 3.07. The molecule has 3 heterocycles. The Morgan fingerprint density at radius 3 is 2.71 bits per heavy atom. The highest BCUT2D eigenvalue weighted by atomic mass is 32.1. The molecule has 0 amide bonds. The molecule has 0 unspecified atom stereocenters. The van der Waals surface area contributed by atoms with E-state index in [4.69, 9.17) is 10.1 Å². The molecule has 0 saturated carbocycles. The van der Waals surface area contributed by atoms with E-state index in [-0.39, 0.29) is 5.92 Å². The molecule has 7 heteroatoms. The number of aryl methyl sites for hydroxylation is 1. The Balaban J connectivity index is 1.57. The highest BCUT2D eigenvalue weighted by molar-refractivity contribution is 7.20. The van der Waals surface area contributed by atoms with E-state index in [1.807, 2.05) is 22.8 Å². The van der Waals surface area contributed by atoms with Gasteiger partial charge in [-0.3, -0.25) is 4.79 Å². The molecule has 0 atom stereocenters. The summed E-state index contributed by atoms with van der Waals surface area (Å²) in [4.78, 5) is 18.8. The molecule has 1 aliphatic rings. The number of rotatable bonds is 3. The molecule has 1 aromatic carbocycles. The molecular formula is C17H18N4O2S. The van der Waals surface area contributed by atoms with Gasteiger partial charge in [0.2, 0.25) is 10.1 Å². The lowest BCUT2D eigenvalue weighted by molar-refractivity contribution is -0.142. The van der Waals surface area contributed by atoms with Crippen molar-refractivity contribution in [2.75, 3.05) is 18.0 Å². The van der Waals surface area contributed by atoms with Gasteiger partial charge < -0.3 is 10.0 Å². The average molecular weight is 342 g/mol. The topological polar surface area (TPSA) is 70.7 Å². The molecule has 0 aliphatic carbocycles. The molecule has 2 aromatic heterocycles. The molecule has 0 spiro atoms. The summed E-state index contributed by atoms with van der Waals surface area (Å²) in [5.41, 5.74) is 3.25. The molecule has 1 fully saturated rings. The van der Waals surface area contributed by atoms with Crippen molar-refractivity contribution in [3.63, 3.8) is 0 Å². The van der Waals surface area contributed by atoms with E-state index in [1.54, 1.807) is 11.3 Å². The average Bonchev–Trinajstić information content (AvgIpc) is 3.14. The minimum Gasteiger partial charge on any atom is -0.481 e. The smallest absolute Gasteiger partial charge is 0.306 e. The number of carboxylic acid groups (broad SMARTS) is 1. The fourth-order valence-corrected chi connectivity index (χ4v) is 4.06. The highest BCUT2D eigenvalue weighted by Gasteiger charge is 2.26. The molecule has 1 N–H and O–H groups in total. The third-order valence-electron chi connectivity index (χ3n) is 4.57. The van der Waals surface area contributed by atoms with E-state index in [9.17, 15) is 4.79 Å². The fraction of sp³-hybridized carbons (Fsp3) is 0.353. The van der Waals surface area contributed by atoms with Gasteiger partial charge in [-0.1, -0.05) is 35.6 Å². The van der Waals surface area contributed by atoms with E-state index in [2.05, 4.69) is 29.1 Å². The quantitative estimate of drug-likeness (QED) is 0.792. The zero-order valence-electron chi connectivity index (χ0n) is 13.3. The van der Waals surface area contributed by atoms with E-state index in [0.717, 1.165) is 34.4 Å². The van der Waals surface area contributed by atoms with E-state index < -0.39 is 5.97 Å². The summed E-state index contributed by atoms with van der Waals surface area (Å²) in [6, 6.07) is 8.18. The number of hydrogen-bond donors (Lipinski definition) is 1. The Bertz CT molecular complexity index is 862. The van der Waals surface area contributed by atoms with Crippen LogP contribution >= 0.6 is 11.3 Å². The zero-order valence-corrected chi connectivity index (χ0v) is 14.2. The summed E-state index contributed by atoms with van der Waals surface area (Å²) in [6.07, 6.45) is 3.30. The van der Waals surface area contributed by atoms with Crippen LogP contribution in [0, 0.1) is 12.8 Å². The first kappa shape index (κ1) is 15.1. The van der Waals surface area contributed by atoms with Crippen LogP contribution in [0.5, 0.6) is 0 Å². The van der Waals surface area contributed by atoms with E-state index in [1.165, 1.54) is 5.56 Å². The van der Waals surface area contributed by atoms with Crippen LogP contribution in [-0.2, 0) is 4.79 Å². The zero-order chi connectivity index (χ0) is 16.7. The van der Waals surface area contributed by atoms with Crippen molar-refractivity contribution in [1.82, 2.24) is 14.6 Å². The number of aliphatic carboxylic acids is 1. The number of aromatic nitrogens is 3. The molecule has 0 radical (unpaired) electrons. The number of piperidine rings is 1. The van der Waals surface area contributed by atoms with Crippen LogP contribution in [0.4, 0.5) is 5.13 Å². The lowest BCUT2D eigenvalue weighted by atomic mass is 9.98. The summed E-state index contributed by atoms with van der Waals surface area (Å²) in [7, 11) is 0. The molecule has 24 heavy (non-hydrogen) atoms. The monoisotopic (exact) mass is 342 g/mol. The Kier molecular flexibility index (Phi) is 3.72. The second-order valence-corrected chi connectivity index (χ2v) is 7.09. The standard InChI is InChI=1S/C17H18N4O2S/c1-11-4-2-3-5-13(11)14-10-21-16(18-14)24-17(19-21)20-8-6-12(7-9-20)15(22)23/h2-5,10,12H,6-9H2,1H3,(H,22,23). The lowest BCUT2D eigenvalue weighted by Gasteiger charge is -2.29. The molecule has 4 rings (SSSR count). The van der Waals surface area contributed by atoms with Crippen molar-refractivity contribution in [3.8, 4) is 11.3 Å². The molecule has 6 nitrogen and oxygen atoms in total. The minimum absolute atomic E-state index is 0.224. The van der Waals surface area contributed by atoms with Gasteiger partial charge in [-0.15, -0.1) is 5.10 Å². The van der Waals surface area contributed by atoms with Crippen LogP contribution in [0.3, 0.4) is 0 Å². The number of carboxylic acids is 1. The first-order valence-corrected chi connectivity index (χ1v) is 8.83. The van der Waals surface area contributed by atoms with E-state index >= 15 is 0 Å². The van der Waals surface area contributed by atoms with Gasteiger partial charge in [0.05, 0.1) is 17.8 Å². The van der Waals surface area contributed by atoms with Crippen LogP contribution in [-0.4, -0.2) is 38.8 Å². The molecule has 0 bridgehead atoms. The maximum Gasteiger partial charge on any atom is 0.306 e. The normalized spacial score (nSPS) is 16.0. The lowest BCUT2D eigenvalue weighted by Crippen LogP contribution is -2.36. The molecule has 1 saturated heterocycles. The maximum atomic E-state index is 11.1. The second kappa shape index (κ2) is 5.90. The number of carbonyl (C=O) groups is 1. The molecule has 124 valence electrons. The van der Waals surface area contributed by atoms with Crippen molar-refractivity contribution in [2.45, 2.75) is 19.8 Å². The maximum absolute atomic E-state index is 11.1. The predicted molar refractivity (Wildman–Crippen MR) is 93.6 cm³/mol. The summed E-state index contributed by atoms with van der Waals surface area (Å²) in [5, 5.41) is 14.6. The van der Waals surface area contributed by atoms with Gasteiger partial charge in [-0.2, -0.15) is 0 Å². The van der Waals surface area contributed by atoms with Crippen molar-refractivity contribution < 1.29 is 9.90 Å². The van der Waals surface area contributed by atoms with Crippen LogP contribution in [0.2, 0.25) is 0 Å². The van der Waals surface area contributed by atoms with Crippen LogP contribution in [0.25, 0.3) is 16.2 Å². The number of imidazole rings is 1. The van der Waals surface area contributed by atoms with Crippen LogP contribution < -0.4 is 4.90 Å². The Hall–Kier alpha value is -2.41. The van der Waals surface area contributed by atoms with Gasteiger partial charge in [-0.25, -0.2) is 9.50 Å². The Morgan fingerprint density at radius 2 is 2.04 bits per heavy atom. The number of hydrogen-bond acceptors (Lipinski definition) is 5. The summed E-state index contributed by atoms with van der Waals surface area (Å²) in [5.74, 6) is -0.913. The number of benzene rings is 1. The van der Waals surface area contributed by atoms with Gasteiger partial charge in [0, 0.05) is 18.7 Å². The number of fused-ring (bicyclic) bond motifs is 1. The van der Waals surface area contributed by atoms with Crippen LogP contribution in [0.1, 0.15) is 18.4 Å². The molecule has 3 aromatic rings. The number of nitrogens with zero attached hydrogens (tertiary/aromatic N) is 4. The van der Waals surface area contributed by atoms with Crippen molar-refractivity contribution in [2.24, 2.45) is 5.92 Å². The summed E-state index contributed by atoms with van der Waals surface area (Å²) < 4.78 is 1.82. The minimum atomic E-state index is -0.688. The highest BCUT2D eigenvalue weighted by Crippen LogP contribution is 2.30. The van der Waals surface area contributed by atoms with Gasteiger partial charge in [0.1, 0.15) is 0 Å². The van der Waals surface area contributed by atoms with Gasteiger partial charge in [0.15, 0.2) is 0 Å². The largest absolute Gasteiger partial charge is 0.481 e. The molecular weight excluding hydrogens is 324 g/mol. The van der Waals surface area contributed by atoms with Crippen LogP contribution in [0.15, 0.2) is 30.5 Å². The first-order chi connectivity index (χ1) is 11.6. The van der Waals surface area contributed by atoms with Crippen molar-refractivity contribution in [3.05, 3.63) is 36.0 Å². The third-order valence-corrected chi connectivity index (χ3v) is 5.55. The Labute approximate surface area is 143 Å². The molecule has 1 aliphatic heterocycles. The third kappa shape index (κ3) is 2.65. The summed E-state index contributed by atoms with van der Waals surface area (Å²) >= 11 is 1.55. The van der Waals surface area contributed by atoms with E-state index in [0.29, 0.717) is 12.8 Å². The number of anilines is 1.